The molecule has 0 saturated carbocycles. The summed E-state index contributed by atoms with van der Waals surface area (Å²) < 4.78 is 7.61. The molecule has 0 bridgehead atoms. The van der Waals surface area contributed by atoms with Crippen molar-refractivity contribution in [1.82, 2.24) is 15.0 Å². The van der Waals surface area contributed by atoms with E-state index in [1.54, 1.807) is 6.20 Å². The number of para-hydroxylation sites is 1. The maximum Gasteiger partial charge on any atom is 0.119 e. The summed E-state index contributed by atoms with van der Waals surface area (Å²) in [7, 11) is 0. The Labute approximate surface area is 135 Å². The van der Waals surface area contributed by atoms with Crippen molar-refractivity contribution in [2.24, 2.45) is 0 Å². The van der Waals surface area contributed by atoms with Crippen molar-refractivity contribution in [3.8, 4) is 17.0 Å². The van der Waals surface area contributed by atoms with Gasteiger partial charge in [0.25, 0.3) is 0 Å². The molecular formula is C18H20N4O. The lowest BCUT2D eigenvalue weighted by atomic mass is 10.1. The van der Waals surface area contributed by atoms with Crippen LogP contribution < -0.4 is 10.5 Å². The van der Waals surface area contributed by atoms with Gasteiger partial charge in [0.1, 0.15) is 5.75 Å². The zero-order valence-electron chi connectivity index (χ0n) is 12.9. The molecule has 0 amide bonds. The van der Waals surface area contributed by atoms with Gasteiger partial charge in [-0.1, -0.05) is 35.5 Å². The van der Waals surface area contributed by atoms with Crippen molar-refractivity contribution in [3.05, 3.63) is 60.8 Å². The van der Waals surface area contributed by atoms with Crippen LogP contribution >= 0.6 is 0 Å². The number of nitrogen functional groups attached to an aromatic ring is 1. The van der Waals surface area contributed by atoms with Gasteiger partial charge in [0, 0.05) is 17.8 Å². The lowest BCUT2D eigenvalue weighted by Crippen LogP contribution is -2.05. The van der Waals surface area contributed by atoms with E-state index in [0.717, 1.165) is 42.1 Å². The molecule has 0 saturated heterocycles. The standard InChI is InChI=1S/C18H20N4O/c19-16-8-6-7-15(13-16)18-14-20-21-22(18)11-4-5-12-23-17-9-2-1-3-10-17/h1-3,6-10,13-14H,4-5,11-12,19H2. The first-order valence-electron chi connectivity index (χ1n) is 7.75. The highest BCUT2D eigenvalue weighted by molar-refractivity contribution is 5.63. The predicted molar refractivity (Wildman–Crippen MR) is 91.0 cm³/mol. The molecule has 0 radical (unpaired) electrons. The van der Waals surface area contributed by atoms with E-state index >= 15 is 0 Å². The second-order valence-corrected chi connectivity index (χ2v) is 5.34. The zero-order valence-corrected chi connectivity index (χ0v) is 12.9. The van der Waals surface area contributed by atoms with Gasteiger partial charge in [-0.3, -0.25) is 0 Å². The van der Waals surface area contributed by atoms with Crippen LogP contribution in [0.1, 0.15) is 12.8 Å². The van der Waals surface area contributed by atoms with Crippen LogP contribution in [0.4, 0.5) is 5.69 Å². The van der Waals surface area contributed by atoms with Gasteiger partial charge in [-0.25, -0.2) is 4.68 Å². The summed E-state index contributed by atoms with van der Waals surface area (Å²) in [4.78, 5) is 0. The van der Waals surface area contributed by atoms with Crippen LogP contribution in [-0.4, -0.2) is 21.6 Å². The molecule has 0 aliphatic rings. The third kappa shape index (κ3) is 4.10. The number of ether oxygens (including phenoxy) is 1. The highest BCUT2D eigenvalue weighted by atomic mass is 16.5. The molecule has 5 heteroatoms. The lowest BCUT2D eigenvalue weighted by Gasteiger charge is -2.08. The molecule has 0 spiro atoms. The third-order valence-electron chi connectivity index (χ3n) is 3.58. The van der Waals surface area contributed by atoms with Crippen LogP contribution in [0.15, 0.2) is 60.8 Å². The molecule has 0 aliphatic carbocycles. The molecule has 5 nitrogen and oxygen atoms in total. The van der Waals surface area contributed by atoms with E-state index in [0.29, 0.717) is 6.61 Å². The quantitative estimate of drug-likeness (QED) is 0.537. The van der Waals surface area contributed by atoms with Gasteiger partial charge in [0.15, 0.2) is 0 Å². The van der Waals surface area contributed by atoms with Gasteiger partial charge in [-0.2, -0.15) is 0 Å². The number of rotatable bonds is 7. The molecule has 0 atom stereocenters. The number of nitrogens with zero attached hydrogens (tertiary/aromatic N) is 3. The van der Waals surface area contributed by atoms with Crippen molar-refractivity contribution >= 4 is 5.69 Å². The summed E-state index contributed by atoms with van der Waals surface area (Å²) in [5, 5.41) is 8.18. The molecule has 23 heavy (non-hydrogen) atoms. The Balaban J connectivity index is 1.51. The summed E-state index contributed by atoms with van der Waals surface area (Å²) in [5.74, 6) is 0.911. The topological polar surface area (TPSA) is 66.0 Å². The van der Waals surface area contributed by atoms with E-state index in [2.05, 4.69) is 10.3 Å². The Hall–Kier alpha value is -2.82. The minimum Gasteiger partial charge on any atom is -0.494 e. The first kappa shape index (κ1) is 15.1. The predicted octanol–water partition coefficient (Wildman–Crippen LogP) is 3.39. The molecule has 0 fully saturated rings. The largest absolute Gasteiger partial charge is 0.494 e. The minimum absolute atomic E-state index is 0.701. The number of anilines is 1. The van der Waals surface area contributed by atoms with Crippen LogP contribution in [-0.2, 0) is 6.54 Å². The van der Waals surface area contributed by atoms with Gasteiger partial charge in [-0.15, -0.1) is 5.10 Å². The van der Waals surface area contributed by atoms with Crippen molar-refractivity contribution < 1.29 is 4.74 Å². The highest BCUT2D eigenvalue weighted by Gasteiger charge is 2.06. The third-order valence-corrected chi connectivity index (χ3v) is 3.58. The van der Waals surface area contributed by atoms with E-state index in [1.165, 1.54) is 0 Å². The number of unbranched alkanes of at least 4 members (excludes halogenated alkanes) is 1. The molecule has 3 rings (SSSR count). The number of benzene rings is 2. The van der Waals surface area contributed by atoms with E-state index in [9.17, 15) is 0 Å². The Morgan fingerprint density at radius 2 is 1.87 bits per heavy atom. The second kappa shape index (κ2) is 7.45. The maximum absolute atomic E-state index is 5.84. The Bertz CT molecular complexity index is 740. The smallest absolute Gasteiger partial charge is 0.119 e. The van der Waals surface area contributed by atoms with E-state index in [1.807, 2.05) is 59.3 Å². The maximum atomic E-state index is 5.84. The number of hydrogen-bond donors (Lipinski definition) is 1. The van der Waals surface area contributed by atoms with Crippen molar-refractivity contribution in [1.29, 1.82) is 0 Å². The van der Waals surface area contributed by atoms with Crippen LogP contribution in [0, 0.1) is 0 Å². The van der Waals surface area contributed by atoms with Crippen LogP contribution in [0.25, 0.3) is 11.3 Å². The highest BCUT2D eigenvalue weighted by Crippen LogP contribution is 2.20. The minimum atomic E-state index is 0.701. The lowest BCUT2D eigenvalue weighted by molar-refractivity contribution is 0.302. The Morgan fingerprint density at radius 3 is 2.70 bits per heavy atom. The molecule has 2 aromatic carbocycles. The molecule has 3 aromatic rings. The number of hydrogen-bond acceptors (Lipinski definition) is 4. The Morgan fingerprint density at radius 1 is 1.00 bits per heavy atom. The van der Waals surface area contributed by atoms with Crippen LogP contribution in [0.5, 0.6) is 5.75 Å². The van der Waals surface area contributed by atoms with E-state index < -0.39 is 0 Å². The SMILES string of the molecule is Nc1cccc(-c2cnnn2CCCCOc2ccccc2)c1. The first-order valence-corrected chi connectivity index (χ1v) is 7.75. The van der Waals surface area contributed by atoms with Gasteiger partial charge in [0.05, 0.1) is 18.5 Å². The van der Waals surface area contributed by atoms with Crippen molar-refractivity contribution in [2.45, 2.75) is 19.4 Å². The molecular weight excluding hydrogens is 288 g/mol. The number of aryl methyl sites for hydroxylation is 1. The van der Waals surface area contributed by atoms with E-state index in [4.69, 9.17) is 10.5 Å². The zero-order chi connectivity index (χ0) is 15.9. The summed E-state index contributed by atoms with van der Waals surface area (Å²) in [5.41, 5.74) is 8.61. The first-order chi connectivity index (χ1) is 11.3. The summed E-state index contributed by atoms with van der Waals surface area (Å²) in [6, 6.07) is 17.6. The van der Waals surface area contributed by atoms with Gasteiger partial charge < -0.3 is 10.5 Å². The Kier molecular flexibility index (Phi) is 4.88. The average Bonchev–Trinajstić information content (AvgIpc) is 3.04. The monoisotopic (exact) mass is 308 g/mol. The number of nitrogens with two attached hydrogens (primary N) is 1. The normalized spacial score (nSPS) is 10.6. The van der Waals surface area contributed by atoms with Gasteiger partial charge in [0.2, 0.25) is 0 Å². The van der Waals surface area contributed by atoms with Gasteiger partial charge in [-0.05, 0) is 37.1 Å². The fourth-order valence-corrected chi connectivity index (χ4v) is 2.41. The second-order valence-electron chi connectivity index (χ2n) is 5.34. The van der Waals surface area contributed by atoms with Crippen LogP contribution in [0.2, 0.25) is 0 Å². The molecule has 1 heterocycles. The molecule has 0 unspecified atom stereocenters. The summed E-state index contributed by atoms with van der Waals surface area (Å²) in [6.45, 7) is 1.51. The average molecular weight is 308 g/mol. The molecule has 2 N–H and O–H groups in total. The van der Waals surface area contributed by atoms with Gasteiger partial charge >= 0.3 is 0 Å². The summed E-state index contributed by atoms with van der Waals surface area (Å²) in [6.07, 6.45) is 3.71. The van der Waals surface area contributed by atoms with Crippen molar-refractivity contribution in [3.63, 3.8) is 0 Å². The van der Waals surface area contributed by atoms with E-state index in [-0.39, 0.29) is 0 Å². The van der Waals surface area contributed by atoms with Crippen LogP contribution in [0.3, 0.4) is 0 Å². The summed E-state index contributed by atoms with van der Waals surface area (Å²) >= 11 is 0. The number of aromatic nitrogens is 3. The van der Waals surface area contributed by atoms with Crippen molar-refractivity contribution in [2.75, 3.05) is 12.3 Å². The fourth-order valence-electron chi connectivity index (χ4n) is 2.41. The molecule has 1 aromatic heterocycles. The molecule has 0 aliphatic heterocycles. The fraction of sp³-hybridized carbons (Fsp3) is 0.222. The molecule has 118 valence electrons.